The molecule has 1 aliphatic heterocycles. The third-order valence-corrected chi connectivity index (χ3v) is 2.99. The fraction of sp³-hybridized carbons (Fsp3) is 0.250. The topological polar surface area (TPSA) is 46.5 Å². The maximum atomic E-state index is 5.56. The van der Waals surface area contributed by atoms with Crippen molar-refractivity contribution >= 4 is 11.4 Å². The van der Waals surface area contributed by atoms with Gasteiger partial charge in [0.2, 0.25) is 0 Å². The number of aryl methyl sites for hydroxylation is 1. The van der Waals surface area contributed by atoms with Crippen LogP contribution < -0.4 is 4.74 Å². The molecule has 0 aliphatic carbocycles. The van der Waals surface area contributed by atoms with Crippen molar-refractivity contribution in [3.8, 4) is 5.75 Å². The van der Waals surface area contributed by atoms with Crippen molar-refractivity contribution in [3.05, 3.63) is 54.1 Å². The number of hydrogen-bond donors (Lipinski definition) is 0. The predicted molar refractivity (Wildman–Crippen MR) is 77.0 cm³/mol. The van der Waals surface area contributed by atoms with Crippen LogP contribution in [0.4, 0.5) is 11.4 Å². The van der Waals surface area contributed by atoms with Crippen LogP contribution in [-0.4, -0.2) is 19.3 Å². The Kier molecular flexibility index (Phi) is 3.74. The maximum Gasteiger partial charge on any atom is 0.119 e. The quantitative estimate of drug-likeness (QED) is 0.603. The van der Waals surface area contributed by atoms with Gasteiger partial charge in [-0.3, -0.25) is 0 Å². The fourth-order valence-electron chi connectivity index (χ4n) is 1.69. The van der Waals surface area contributed by atoms with Gasteiger partial charge in [-0.2, -0.15) is 10.2 Å². The van der Waals surface area contributed by atoms with Gasteiger partial charge in [0.25, 0.3) is 0 Å². The Bertz CT molecular complexity index is 587. The molecule has 0 N–H and O–H groups in total. The Balaban J connectivity index is 1.60. The summed E-state index contributed by atoms with van der Waals surface area (Å²) in [6, 6.07) is 15.5. The van der Waals surface area contributed by atoms with Crippen LogP contribution in [0.1, 0.15) is 5.56 Å². The van der Waals surface area contributed by atoms with Gasteiger partial charge in [0.1, 0.15) is 18.5 Å². The van der Waals surface area contributed by atoms with Crippen LogP contribution in [0.25, 0.3) is 0 Å². The number of hydrogen-bond acceptors (Lipinski definition) is 4. The monoisotopic (exact) mass is 268 g/mol. The Morgan fingerprint density at radius 3 is 2.10 bits per heavy atom. The second-order valence-electron chi connectivity index (χ2n) is 4.80. The Morgan fingerprint density at radius 1 is 1.00 bits per heavy atom. The third kappa shape index (κ3) is 3.65. The molecule has 1 unspecified atom stereocenters. The predicted octanol–water partition coefficient (Wildman–Crippen LogP) is 4.19. The summed E-state index contributed by atoms with van der Waals surface area (Å²) in [4.78, 5) is 0. The Hall–Kier alpha value is -2.20. The standard InChI is InChI=1S/C16H16N2O2/c1-12-2-4-13(5-3-12)17-18-14-6-8-15(9-7-14)19-10-16-11-20-16/h2-9,16H,10-11H2,1H3. The first-order valence-corrected chi connectivity index (χ1v) is 6.62. The summed E-state index contributed by atoms with van der Waals surface area (Å²) < 4.78 is 10.7. The maximum absolute atomic E-state index is 5.56. The van der Waals surface area contributed by atoms with Gasteiger partial charge in [-0.1, -0.05) is 17.7 Å². The van der Waals surface area contributed by atoms with Gasteiger partial charge in [-0.25, -0.2) is 0 Å². The van der Waals surface area contributed by atoms with Crippen molar-refractivity contribution in [1.82, 2.24) is 0 Å². The van der Waals surface area contributed by atoms with E-state index in [0.29, 0.717) is 6.61 Å². The highest BCUT2D eigenvalue weighted by atomic mass is 16.6. The number of ether oxygens (including phenoxy) is 2. The lowest BCUT2D eigenvalue weighted by atomic mass is 10.2. The lowest BCUT2D eigenvalue weighted by Gasteiger charge is -2.03. The summed E-state index contributed by atoms with van der Waals surface area (Å²) in [5.41, 5.74) is 2.87. The first kappa shape index (κ1) is 12.8. The molecule has 2 aromatic rings. The normalized spacial score (nSPS) is 17.4. The van der Waals surface area contributed by atoms with Crippen LogP contribution >= 0.6 is 0 Å². The van der Waals surface area contributed by atoms with E-state index < -0.39 is 0 Å². The second kappa shape index (κ2) is 5.84. The fourth-order valence-corrected chi connectivity index (χ4v) is 1.69. The van der Waals surface area contributed by atoms with Crippen LogP contribution in [0.3, 0.4) is 0 Å². The molecule has 1 saturated heterocycles. The van der Waals surface area contributed by atoms with E-state index in [1.165, 1.54) is 5.56 Å². The zero-order valence-electron chi connectivity index (χ0n) is 11.3. The van der Waals surface area contributed by atoms with Gasteiger partial charge in [0, 0.05) is 0 Å². The van der Waals surface area contributed by atoms with Crippen LogP contribution in [0, 0.1) is 6.92 Å². The molecule has 0 amide bonds. The van der Waals surface area contributed by atoms with Crippen LogP contribution in [0.15, 0.2) is 58.8 Å². The van der Waals surface area contributed by atoms with Gasteiger partial charge in [0.15, 0.2) is 0 Å². The van der Waals surface area contributed by atoms with Gasteiger partial charge in [-0.05, 0) is 43.3 Å². The van der Waals surface area contributed by atoms with E-state index in [4.69, 9.17) is 9.47 Å². The summed E-state index contributed by atoms with van der Waals surface area (Å²) in [7, 11) is 0. The summed E-state index contributed by atoms with van der Waals surface area (Å²) in [6.45, 7) is 3.47. The molecule has 4 nitrogen and oxygen atoms in total. The largest absolute Gasteiger partial charge is 0.491 e. The average Bonchev–Trinajstić information content (AvgIpc) is 3.30. The molecule has 4 heteroatoms. The number of benzene rings is 2. The Labute approximate surface area is 118 Å². The number of nitrogens with zero attached hydrogens (tertiary/aromatic N) is 2. The van der Waals surface area contributed by atoms with E-state index in [9.17, 15) is 0 Å². The minimum atomic E-state index is 0.274. The van der Waals surface area contributed by atoms with Gasteiger partial charge >= 0.3 is 0 Å². The first-order valence-electron chi connectivity index (χ1n) is 6.62. The van der Waals surface area contributed by atoms with Crippen LogP contribution in [0.5, 0.6) is 5.75 Å². The molecule has 102 valence electrons. The second-order valence-corrected chi connectivity index (χ2v) is 4.80. The molecule has 2 aromatic carbocycles. The number of azo groups is 1. The molecule has 20 heavy (non-hydrogen) atoms. The van der Waals surface area contributed by atoms with Crippen molar-refractivity contribution in [2.45, 2.75) is 13.0 Å². The van der Waals surface area contributed by atoms with Crippen molar-refractivity contribution in [2.24, 2.45) is 10.2 Å². The summed E-state index contributed by atoms with van der Waals surface area (Å²) in [5, 5.41) is 8.40. The zero-order valence-corrected chi connectivity index (χ0v) is 11.3. The van der Waals surface area contributed by atoms with Crippen molar-refractivity contribution in [2.75, 3.05) is 13.2 Å². The number of rotatable bonds is 5. The van der Waals surface area contributed by atoms with E-state index in [2.05, 4.69) is 10.2 Å². The van der Waals surface area contributed by atoms with Crippen LogP contribution in [-0.2, 0) is 4.74 Å². The highest BCUT2D eigenvalue weighted by Crippen LogP contribution is 2.22. The van der Waals surface area contributed by atoms with E-state index >= 15 is 0 Å². The van der Waals surface area contributed by atoms with Crippen molar-refractivity contribution < 1.29 is 9.47 Å². The summed E-state index contributed by atoms with van der Waals surface area (Å²) >= 11 is 0. The van der Waals surface area contributed by atoms with Crippen molar-refractivity contribution in [3.63, 3.8) is 0 Å². The van der Waals surface area contributed by atoms with Gasteiger partial charge in [-0.15, -0.1) is 0 Å². The van der Waals surface area contributed by atoms with E-state index in [0.717, 1.165) is 23.7 Å². The van der Waals surface area contributed by atoms with Crippen LogP contribution in [0.2, 0.25) is 0 Å². The molecule has 0 saturated carbocycles. The molecule has 0 spiro atoms. The molecule has 0 bridgehead atoms. The minimum Gasteiger partial charge on any atom is -0.491 e. The number of epoxide rings is 1. The first-order chi connectivity index (χ1) is 9.79. The van der Waals surface area contributed by atoms with Gasteiger partial charge < -0.3 is 9.47 Å². The van der Waals surface area contributed by atoms with Crippen molar-refractivity contribution in [1.29, 1.82) is 0 Å². The highest BCUT2D eigenvalue weighted by molar-refractivity contribution is 5.43. The lowest BCUT2D eigenvalue weighted by molar-refractivity contribution is 0.263. The highest BCUT2D eigenvalue weighted by Gasteiger charge is 2.22. The lowest BCUT2D eigenvalue weighted by Crippen LogP contribution is -2.03. The van der Waals surface area contributed by atoms with E-state index in [1.807, 2.05) is 55.5 Å². The molecule has 1 aliphatic rings. The molecule has 1 heterocycles. The molecular weight excluding hydrogens is 252 g/mol. The Morgan fingerprint density at radius 2 is 1.55 bits per heavy atom. The smallest absolute Gasteiger partial charge is 0.119 e. The summed E-state index contributed by atoms with van der Waals surface area (Å²) in [6.07, 6.45) is 0.274. The van der Waals surface area contributed by atoms with Gasteiger partial charge in [0.05, 0.1) is 18.0 Å². The molecule has 1 fully saturated rings. The van der Waals surface area contributed by atoms with E-state index in [-0.39, 0.29) is 6.10 Å². The molecular formula is C16H16N2O2. The molecule has 0 aromatic heterocycles. The molecule has 0 radical (unpaired) electrons. The zero-order chi connectivity index (χ0) is 13.8. The average molecular weight is 268 g/mol. The summed E-state index contributed by atoms with van der Waals surface area (Å²) in [5.74, 6) is 0.829. The SMILES string of the molecule is Cc1ccc(N=Nc2ccc(OCC3CO3)cc2)cc1. The third-order valence-electron chi connectivity index (χ3n) is 2.99. The molecule has 3 rings (SSSR count). The molecule has 1 atom stereocenters. The minimum absolute atomic E-state index is 0.274. The van der Waals surface area contributed by atoms with E-state index in [1.54, 1.807) is 0 Å².